The van der Waals surface area contributed by atoms with Gasteiger partial charge in [-0.25, -0.2) is 4.39 Å². The maximum absolute atomic E-state index is 13.6. The quantitative estimate of drug-likeness (QED) is 0.452. The average Bonchev–Trinajstić information content (AvgIpc) is 3.15. The number of nitrogens with zero attached hydrogens (tertiary/aromatic N) is 1. The lowest BCUT2D eigenvalue weighted by Gasteiger charge is -2.29. The normalized spacial score (nSPS) is 19.9. The van der Waals surface area contributed by atoms with Gasteiger partial charge in [0.05, 0.1) is 5.52 Å². The van der Waals surface area contributed by atoms with Gasteiger partial charge in [0, 0.05) is 27.2 Å². The number of pyridine rings is 1. The highest BCUT2D eigenvalue weighted by Crippen LogP contribution is 2.39. The van der Waals surface area contributed by atoms with Crippen LogP contribution in [0.25, 0.3) is 21.0 Å². The molecule has 3 heterocycles. The molecule has 0 spiro atoms. The fourth-order valence-corrected chi connectivity index (χ4v) is 6.32. The average molecular weight is 449 g/mol. The first-order chi connectivity index (χ1) is 15.6. The van der Waals surface area contributed by atoms with E-state index in [1.807, 2.05) is 31.2 Å². The van der Waals surface area contributed by atoms with E-state index in [0.29, 0.717) is 12.5 Å². The Kier molecular flexibility index (Phi) is 5.00. The Hall–Kier alpha value is -2.70. The molecule has 0 radical (unpaired) electrons. The van der Waals surface area contributed by atoms with Crippen LogP contribution in [0, 0.1) is 18.7 Å². The van der Waals surface area contributed by atoms with E-state index < -0.39 is 0 Å². The van der Waals surface area contributed by atoms with Gasteiger partial charge in [0.1, 0.15) is 18.5 Å². The van der Waals surface area contributed by atoms with Gasteiger partial charge in [-0.05, 0) is 86.0 Å². The van der Waals surface area contributed by atoms with Crippen LogP contribution < -0.4 is 14.8 Å². The van der Waals surface area contributed by atoms with Crippen molar-refractivity contribution >= 4 is 32.3 Å². The van der Waals surface area contributed by atoms with Crippen LogP contribution >= 0.6 is 11.3 Å². The fourth-order valence-electron chi connectivity index (χ4n) is 4.93. The van der Waals surface area contributed by atoms with Crippen molar-refractivity contribution in [2.24, 2.45) is 5.92 Å². The summed E-state index contributed by atoms with van der Waals surface area (Å²) in [4.78, 5) is 6.02. The lowest BCUT2D eigenvalue weighted by Crippen LogP contribution is -2.40. The molecule has 0 bridgehead atoms. The Labute approximate surface area is 190 Å². The number of benzene rings is 2. The largest absolute Gasteiger partial charge is 0.486 e. The van der Waals surface area contributed by atoms with Crippen molar-refractivity contribution in [3.63, 3.8) is 0 Å². The summed E-state index contributed by atoms with van der Waals surface area (Å²) in [5.41, 5.74) is 3.35. The van der Waals surface area contributed by atoms with Crippen LogP contribution in [0.4, 0.5) is 4.39 Å². The second kappa shape index (κ2) is 8.01. The van der Waals surface area contributed by atoms with E-state index in [0.717, 1.165) is 65.1 Å². The van der Waals surface area contributed by atoms with Crippen LogP contribution in [-0.2, 0) is 12.8 Å². The number of rotatable bonds is 4. The molecule has 1 aliphatic carbocycles. The van der Waals surface area contributed by atoms with Crippen LogP contribution in [0.1, 0.15) is 22.6 Å². The lowest BCUT2D eigenvalue weighted by molar-refractivity contribution is 0.0915. The molecule has 4 nitrogen and oxygen atoms in total. The third-order valence-electron chi connectivity index (χ3n) is 6.55. The van der Waals surface area contributed by atoms with E-state index in [1.54, 1.807) is 23.5 Å². The molecule has 2 atom stereocenters. The summed E-state index contributed by atoms with van der Waals surface area (Å²) in [6, 6.07) is 13.2. The number of hydrogen-bond acceptors (Lipinski definition) is 5. The van der Waals surface area contributed by atoms with Crippen LogP contribution in [0.15, 0.2) is 42.5 Å². The van der Waals surface area contributed by atoms with Crippen molar-refractivity contribution in [3.8, 4) is 11.5 Å². The van der Waals surface area contributed by atoms with Crippen molar-refractivity contribution in [1.82, 2.24) is 10.3 Å². The highest BCUT2D eigenvalue weighted by Gasteiger charge is 2.25. The summed E-state index contributed by atoms with van der Waals surface area (Å²) in [6.45, 7) is 4.23. The molecular weight excluding hydrogens is 423 g/mol. The highest BCUT2D eigenvalue weighted by molar-refractivity contribution is 7.19. The zero-order valence-electron chi connectivity index (χ0n) is 18.0. The third-order valence-corrected chi connectivity index (χ3v) is 7.77. The lowest BCUT2D eigenvalue weighted by atomic mass is 9.87. The summed E-state index contributed by atoms with van der Waals surface area (Å²) >= 11 is 1.76. The summed E-state index contributed by atoms with van der Waals surface area (Å²) in [5.74, 6) is 2.03. The minimum atomic E-state index is -0.149. The molecule has 1 aliphatic heterocycles. The number of nitrogens with one attached hydrogen (secondary N) is 1. The Morgan fingerprint density at radius 1 is 1.12 bits per heavy atom. The Morgan fingerprint density at radius 2 is 2.03 bits per heavy atom. The van der Waals surface area contributed by atoms with Crippen LogP contribution in [0.3, 0.4) is 0 Å². The van der Waals surface area contributed by atoms with E-state index >= 15 is 0 Å². The predicted octanol–water partition coefficient (Wildman–Crippen LogP) is 5.43. The molecule has 0 amide bonds. The Morgan fingerprint density at radius 3 is 2.97 bits per heavy atom. The van der Waals surface area contributed by atoms with Crippen LogP contribution in [0.2, 0.25) is 0 Å². The molecule has 0 saturated carbocycles. The molecule has 2 aliphatic rings. The van der Waals surface area contributed by atoms with Gasteiger partial charge in [-0.3, -0.25) is 4.98 Å². The van der Waals surface area contributed by atoms with E-state index in [1.165, 1.54) is 15.8 Å². The van der Waals surface area contributed by atoms with Gasteiger partial charge in [0.2, 0.25) is 0 Å². The zero-order valence-corrected chi connectivity index (χ0v) is 18.8. The summed E-state index contributed by atoms with van der Waals surface area (Å²) < 4.78 is 27.0. The minimum Gasteiger partial charge on any atom is -0.486 e. The van der Waals surface area contributed by atoms with Crippen molar-refractivity contribution in [3.05, 3.63) is 64.4 Å². The smallest absolute Gasteiger partial charge is 0.171 e. The molecule has 164 valence electrons. The molecular formula is C26H25FN2O2S. The Balaban J connectivity index is 1.09. The summed E-state index contributed by atoms with van der Waals surface area (Å²) in [7, 11) is 0. The van der Waals surface area contributed by atoms with E-state index in [2.05, 4.69) is 16.4 Å². The SMILES string of the molecule is Cc1ccc2c3c(ccc2n1)OC[C@H](CNC[C@@H]1CCc2c(sc4cc(F)ccc24)C1)O3. The van der Waals surface area contributed by atoms with Gasteiger partial charge in [-0.15, -0.1) is 11.3 Å². The van der Waals surface area contributed by atoms with Crippen molar-refractivity contribution in [2.45, 2.75) is 32.3 Å². The zero-order chi connectivity index (χ0) is 21.7. The maximum Gasteiger partial charge on any atom is 0.171 e. The van der Waals surface area contributed by atoms with Gasteiger partial charge in [-0.2, -0.15) is 0 Å². The van der Waals surface area contributed by atoms with Gasteiger partial charge in [0.15, 0.2) is 11.5 Å². The van der Waals surface area contributed by atoms with Gasteiger partial charge >= 0.3 is 0 Å². The minimum absolute atomic E-state index is 0.0270. The second-order valence-corrected chi connectivity index (χ2v) is 10.0. The molecule has 32 heavy (non-hydrogen) atoms. The third kappa shape index (κ3) is 3.61. The second-order valence-electron chi connectivity index (χ2n) is 8.87. The monoisotopic (exact) mass is 448 g/mol. The number of aryl methyl sites for hydroxylation is 2. The molecule has 2 aromatic heterocycles. The van der Waals surface area contributed by atoms with Gasteiger partial charge < -0.3 is 14.8 Å². The van der Waals surface area contributed by atoms with Gasteiger partial charge in [-0.1, -0.05) is 6.07 Å². The van der Waals surface area contributed by atoms with Crippen LogP contribution in [0.5, 0.6) is 11.5 Å². The molecule has 0 saturated heterocycles. The molecule has 4 aromatic rings. The molecule has 6 rings (SSSR count). The van der Waals surface area contributed by atoms with Crippen molar-refractivity contribution in [2.75, 3.05) is 19.7 Å². The number of thiophene rings is 1. The number of hydrogen-bond donors (Lipinski definition) is 1. The maximum atomic E-state index is 13.6. The number of ether oxygens (including phenoxy) is 2. The van der Waals surface area contributed by atoms with E-state index in [9.17, 15) is 4.39 Å². The molecule has 0 unspecified atom stereocenters. The first-order valence-corrected chi connectivity index (χ1v) is 12.1. The highest BCUT2D eigenvalue weighted by atomic mass is 32.1. The van der Waals surface area contributed by atoms with Gasteiger partial charge in [0.25, 0.3) is 0 Å². The molecule has 0 fully saturated rings. The Bertz CT molecular complexity index is 1320. The van der Waals surface area contributed by atoms with Crippen LogP contribution in [-0.4, -0.2) is 30.8 Å². The molecule has 1 N–H and O–H groups in total. The first-order valence-electron chi connectivity index (χ1n) is 11.2. The first kappa shape index (κ1) is 19.9. The van der Waals surface area contributed by atoms with E-state index in [4.69, 9.17) is 9.47 Å². The summed E-state index contributed by atoms with van der Waals surface area (Å²) in [5, 5.41) is 5.85. The predicted molar refractivity (Wildman–Crippen MR) is 127 cm³/mol. The number of aromatic nitrogens is 1. The van der Waals surface area contributed by atoms with Crippen molar-refractivity contribution in [1.29, 1.82) is 0 Å². The summed E-state index contributed by atoms with van der Waals surface area (Å²) in [6.07, 6.45) is 3.26. The molecule has 2 aromatic carbocycles. The topological polar surface area (TPSA) is 43.4 Å². The molecule has 6 heteroatoms. The van der Waals surface area contributed by atoms with E-state index in [-0.39, 0.29) is 11.9 Å². The van der Waals surface area contributed by atoms with Crippen molar-refractivity contribution < 1.29 is 13.9 Å². The standard InChI is InChI=1S/C26H25FN2O2S/c1-15-2-5-21-22(29-15)8-9-23-26(21)31-18(14-30-23)13-28-12-16-3-6-19-20-7-4-17(27)11-25(20)32-24(19)10-16/h2,4-5,7-9,11,16,18,28H,3,6,10,12-14H2,1H3/t16-,18+/m1/s1. The fraction of sp³-hybridized carbons (Fsp3) is 0.346. The number of fused-ring (bicyclic) bond motifs is 6. The number of halogens is 1.